The third-order valence-corrected chi connectivity index (χ3v) is 5.87. The molecule has 3 unspecified atom stereocenters. The van der Waals surface area contributed by atoms with Gasteiger partial charge >= 0.3 is 0 Å². The number of rotatable bonds is 5. The summed E-state index contributed by atoms with van der Waals surface area (Å²) in [4.78, 5) is 27.2. The normalized spacial score (nSPS) is 21.8. The van der Waals surface area contributed by atoms with Crippen molar-refractivity contribution in [1.82, 2.24) is 10.2 Å². The van der Waals surface area contributed by atoms with Gasteiger partial charge in [0.1, 0.15) is 11.4 Å². The summed E-state index contributed by atoms with van der Waals surface area (Å²) in [5, 5.41) is 3.41. The van der Waals surface area contributed by atoms with Gasteiger partial charge in [-0.2, -0.15) is 0 Å². The molecular formula is C18H25ClN2O2S. The zero-order chi connectivity index (χ0) is 17.9. The summed E-state index contributed by atoms with van der Waals surface area (Å²) in [6, 6.07) is 7.16. The SMILES string of the molecule is CCC(C)NC(=O)C1CSC(c2ccccc2Cl)N1C(=O)C(C)C. The molecule has 6 heteroatoms. The summed E-state index contributed by atoms with van der Waals surface area (Å²) in [5.41, 5.74) is 0.886. The van der Waals surface area contributed by atoms with Gasteiger partial charge in [0.25, 0.3) is 0 Å². The molecule has 2 rings (SSSR count). The number of amides is 2. The molecule has 1 aromatic carbocycles. The van der Waals surface area contributed by atoms with Crippen LogP contribution in [0, 0.1) is 5.92 Å². The molecular weight excluding hydrogens is 344 g/mol. The van der Waals surface area contributed by atoms with Gasteiger partial charge in [0.05, 0.1) is 0 Å². The third-order valence-electron chi connectivity index (χ3n) is 4.22. The van der Waals surface area contributed by atoms with Crippen LogP contribution in [0.2, 0.25) is 5.02 Å². The first-order valence-corrected chi connectivity index (χ1v) is 9.78. The number of hydrogen-bond donors (Lipinski definition) is 1. The maximum atomic E-state index is 12.8. The molecule has 1 N–H and O–H groups in total. The largest absolute Gasteiger partial charge is 0.352 e. The van der Waals surface area contributed by atoms with Crippen molar-refractivity contribution in [2.45, 2.75) is 51.6 Å². The van der Waals surface area contributed by atoms with Crippen molar-refractivity contribution in [3.05, 3.63) is 34.9 Å². The number of carbonyl (C=O) groups is 2. The number of benzene rings is 1. The van der Waals surface area contributed by atoms with Crippen LogP contribution in [-0.4, -0.2) is 34.6 Å². The number of nitrogens with one attached hydrogen (secondary N) is 1. The molecule has 132 valence electrons. The summed E-state index contributed by atoms with van der Waals surface area (Å²) in [6.07, 6.45) is 0.859. The molecule has 0 radical (unpaired) electrons. The monoisotopic (exact) mass is 368 g/mol. The highest BCUT2D eigenvalue weighted by atomic mass is 35.5. The van der Waals surface area contributed by atoms with Gasteiger partial charge < -0.3 is 10.2 Å². The van der Waals surface area contributed by atoms with E-state index in [1.807, 2.05) is 52.0 Å². The topological polar surface area (TPSA) is 49.4 Å². The lowest BCUT2D eigenvalue weighted by molar-refractivity contribution is -0.142. The van der Waals surface area contributed by atoms with E-state index in [2.05, 4.69) is 5.32 Å². The smallest absolute Gasteiger partial charge is 0.243 e. The van der Waals surface area contributed by atoms with Gasteiger partial charge in [-0.1, -0.05) is 50.6 Å². The van der Waals surface area contributed by atoms with Crippen LogP contribution in [0.5, 0.6) is 0 Å². The predicted molar refractivity (Wildman–Crippen MR) is 100 cm³/mol. The highest BCUT2D eigenvalue weighted by Gasteiger charge is 2.43. The quantitative estimate of drug-likeness (QED) is 0.858. The summed E-state index contributed by atoms with van der Waals surface area (Å²) in [6.45, 7) is 7.72. The van der Waals surface area contributed by atoms with Crippen LogP contribution in [0.15, 0.2) is 24.3 Å². The molecule has 1 aliphatic heterocycles. The number of nitrogens with zero attached hydrogens (tertiary/aromatic N) is 1. The van der Waals surface area contributed by atoms with Crippen LogP contribution in [0.4, 0.5) is 0 Å². The second-order valence-electron chi connectivity index (χ2n) is 6.44. The minimum atomic E-state index is -0.458. The Hall–Kier alpha value is -1.20. The molecule has 1 heterocycles. The highest BCUT2D eigenvalue weighted by Crippen LogP contribution is 2.44. The lowest BCUT2D eigenvalue weighted by Gasteiger charge is -2.31. The lowest BCUT2D eigenvalue weighted by atomic mass is 10.1. The minimum absolute atomic E-state index is 0.0192. The van der Waals surface area contributed by atoms with E-state index >= 15 is 0 Å². The number of carbonyl (C=O) groups excluding carboxylic acids is 2. The molecule has 0 spiro atoms. The maximum absolute atomic E-state index is 12.8. The Morgan fingerprint density at radius 1 is 1.33 bits per heavy atom. The summed E-state index contributed by atoms with van der Waals surface area (Å²) >= 11 is 7.93. The van der Waals surface area contributed by atoms with Crippen LogP contribution in [0.1, 0.15) is 45.1 Å². The lowest BCUT2D eigenvalue weighted by Crippen LogP contribution is -2.50. The zero-order valence-corrected chi connectivity index (χ0v) is 16.2. The summed E-state index contributed by atoms with van der Waals surface area (Å²) in [5.74, 6) is 0.304. The fourth-order valence-corrected chi connectivity index (χ4v) is 4.41. The van der Waals surface area contributed by atoms with Crippen molar-refractivity contribution in [2.24, 2.45) is 5.92 Å². The average Bonchev–Trinajstić information content (AvgIpc) is 2.98. The Morgan fingerprint density at radius 2 is 2.00 bits per heavy atom. The van der Waals surface area contributed by atoms with Crippen LogP contribution >= 0.6 is 23.4 Å². The van der Waals surface area contributed by atoms with E-state index in [0.717, 1.165) is 12.0 Å². The van der Waals surface area contributed by atoms with E-state index in [9.17, 15) is 9.59 Å². The van der Waals surface area contributed by atoms with Crippen molar-refractivity contribution in [2.75, 3.05) is 5.75 Å². The molecule has 2 amide bonds. The van der Waals surface area contributed by atoms with E-state index in [-0.39, 0.29) is 29.1 Å². The highest BCUT2D eigenvalue weighted by molar-refractivity contribution is 7.99. The fourth-order valence-electron chi connectivity index (χ4n) is 2.63. The number of thioether (sulfide) groups is 1. The van der Waals surface area contributed by atoms with Gasteiger partial charge in [-0.25, -0.2) is 0 Å². The van der Waals surface area contributed by atoms with E-state index < -0.39 is 6.04 Å². The fraction of sp³-hybridized carbons (Fsp3) is 0.556. The second-order valence-corrected chi connectivity index (χ2v) is 7.96. The third kappa shape index (κ3) is 4.06. The van der Waals surface area contributed by atoms with Gasteiger partial charge in [-0.05, 0) is 19.4 Å². The first-order valence-electron chi connectivity index (χ1n) is 8.35. The molecule has 24 heavy (non-hydrogen) atoms. The van der Waals surface area contributed by atoms with E-state index in [1.54, 1.807) is 16.7 Å². The number of hydrogen-bond acceptors (Lipinski definition) is 3. The Bertz CT molecular complexity index is 608. The van der Waals surface area contributed by atoms with Crippen molar-refractivity contribution in [3.63, 3.8) is 0 Å². The molecule has 1 fully saturated rings. The Balaban J connectivity index is 2.31. The van der Waals surface area contributed by atoms with Crippen molar-refractivity contribution >= 4 is 35.2 Å². The van der Waals surface area contributed by atoms with Gasteiger partial charge in [-0.3, -0.25) is 9.59 Å². The van der Waals surface area contributed by atoms with Crippen LogP contribution < -0.4 is 5.32 Å². The van der Waals surface area contributed by atoms with Crippen LogP contribution in [-0.2, 0) is 9.59 Å². The standard InChI is InChI=1S/C18H25ClN2O2S/c1-5-12(4)20-16(22)15-10-24-18(21(15)17(23)11(2)3)13-8-6-7-9-14(13)19/h6-9,11-12,15,18H,5,10H2,1-4H3,(H,20,22). The molecule has 0 aliphatic carbocycles. The molecule has 1 aromatic rings. The minimum Gasteiger partial charge on any atom is -0.352 e. The molecule has 0 aromatic heterocycles. The van der Waals surface area contributed by atoms with E-state index in [1.165, 1.54) is 0 Å². The molecule has 1 aliphatic rings. The van der Waals surface area contributed by atoms with Gasteiger partial charge in [0.2, 0.25) is 11.8 Å². The Kier molecular flexibility index (Phi) is 6.58. The van der Waals surface area contributed by atoms with Gasteiger partial charge in [0, 0.05) is 28.3 Å². The Morgan fingerprint density at radius 3 is 2.58 bits per heavy atom. The van der Waals surface area contributed by atoms with E-state index in [4.69, 9.17) is 11.6 Å². The zero-order valence-electron chi connectivity index (χ0n) is 14.6. The average molecular weight is 369 g/mol. The van der Waals surface area contributed by atoms with Crippen LogP contribution in [0.25, 0.3) is 0 Å². The van der Waals surface area contributed by atoms with Gasteiger partial charge in [-0.15, -0.1) is 11.8 Å². The van der Waals surface area contributed by atoms with Crippen LogP contribution in [0.3, 0.4) is 0 Å². The molecule has 1 saturated heterocycles. The van der Waals surface area contributed by atoms with Crippen molar-refractivity contribution < 1.29 is 9.59 Å². The van der Waals surface area contributed by atoms with Gasteiger partial charge in [0.15, 0.2) is 0 Å². The second kappa shape index (κ2) is 8.26. The Labute approximate surface area is 153 Å². The first-order chi connectivity index (χ1) is 11.4. The van der Waals surface area contributed by atoms with E-state index in [0.29, 0.717) is 10.8 Å². The van der Waals surface area contributed by atoms with Crippen molar-refractivity contribution in [1.29, 1.82) is 0 Å². The molecule has 3 atom stereocenters. The summed E-state index contributed by atoms with van der Waals surface area (Å²) in [7, 11) is 0. The molecule has 0 saturated carbocycles. The number of halogens is 1. The molecule has 4 nitrogen and oxygen atoms in total. The first kappa shape index (κ1) is 19.1. The maximum Gasteiger partial charge on any atom is 0.243 e. The molecule has 0 bridgehead atoms. The van der Waals surface area contributed by atoms with Crippen molar-refractivity contribution in [3.8, 4) is 0 Å². The predicted octanol–water partition coefficient (Wildman–Crippen LogP) is 3.85. The summed E-state index contributed by atoms with van der Waals surface area (Å²) < 4.78 is 0.